The van der Waals surface area contributed by atoms with Crippen LogP contribution in [0.5, 0.6) is 0 Å². The average Bonchev–Trinajstić information content (AvgIpc) is 2.37. The third-order valence-electron chi connectivity index (χ3n) is 3.38. The van der Waals surface area contributed by atoms with Gasteiger partial charge < -0.3 is 5.11 Å². The molecular formula is C15H32N2O2. The van der Waals surface area contributed by atoms with Crippen LogP contribution in [-0.4, -0.2) is 29.2 Å². The standard InChI is InChI=1S/C15H32N2O2/c1-2-3-4-7-10-13-17(16)14-11-8-5-6-9-12-15(18)19/h2-14,16H2,1H3,(H,18,19). The lowest BCUT2D eigenvalue weighted by Gasteiger charge is -2.15. The minimum atomic E-state index is -0.684. The molecule has 0 aromatic carbocycles. The number of rotatable bonds is 14. The predicted molar refractivity (Wildman–Crippen MR) is 79.9 cm³/mol. The number of carboxylic acids is 1. The normalized spacial score (nSPS) is 11.1. The van der Waals surface area contributed by atoms with Crippen LogP contribution >= 0.6 is 0 Å². The maximum atomic E-state index is 10.3. The van der Waals surface area contributed by atoms with Crippen LogP contribution in [0.15, 0.2) is 0 Å². The monoisotopic (exact) mass is 272 g/mol. The van der Waals surface area contributed by atoms with Gasteiger partial charge in [0.25, 0.3) is 0 Å². The van der Waals surface area contributed by atoms with E-state index in [1.54, 1.807) is 0 Å². The Morgan fingerprint density at radius 3 is 1.89 bits per heavy atom. The number of carboxylic acid groups (broad SMARTS) is 1. The number of aliphatic carboxylic acids is 1. The van der Waals surface area contributed by atoms with Crippen LogP contribution in [0.25, 0.3) is 0 Å². The molecule has 114 valence electrons. The maximum absolute atomic E-state index is 10.3. The SMILES string of the molecule is CCCCCCCN(N)CCCCCCCC(=O)O. The first-order chi connectivity index (χ1) is 9.16. The van der Waals surface area contributed by atoms with Crippen molar-refractivity contribution >= 4 is 5.97 Å². The van der Waals surface area contributed by atoms with Crippen molar-refractivity contribution in [1.29, 1.82) is 0 Å². The summed E-state index contributed by atoms with van der Waals surface area (Å²) in [6.45, 7) is 4.20. The Balaban J connectivity index is 3.15. The topological polar surface area (TPSA) is 66.6 Å². The smallest absolute Gasteiger partial charge is 0.303 e. The third-order valence-corrected chi connectivity index (χ3v) is 3.38. The second-order valence-corrected chi connectivity index (χ2v) is 5.36. The first kappa shape index (κ1) is 18.4. The van der Waals surface area contributed by atoms with Crippen LogP contribution in [0, 0.1) is 0 Å². The van der Waals surface area contributed by atoms with E-state index in [0.717, 1.165) is 45.2 Å². The minimum absolute atomic E-state index is 0.306. The van der Waals surface area contributed by atoms with E-state index in [1.807, 2.05) is 5.01 Å². The van der Waals surface area contributed by atoms with Crippen LogP contribution in [0.2, 0.25) is 0 Å². The largest absolute Gasteiger partial charge is 0.481 e. The minimum Gasteiger partial charge on any atom is -0.481 e. The highest BCUT2D eigenvalue weighted by Crippen LogP contribution is 2.06. The van der Waals surface area contributed by atoms with Crippen LogP contribution in [0.1, 0.15) is 77.6 Å². The quantitative estimate of drug-likeness (QED) is 0.288. The summed E-state index contributed by atoms with van der Waals surface area (Å²) in [4.78, 5) is 10.3. The number of hydrazine groups is 1. The highest BCUT2D eigenvalue weighted by atomic mass is 16.4. The number of hydrogen-bond donors (Lipinski definition) is 2. The van der Waals surface area contributed by atoms with E-state index in [9.17, 15) is 4.79 Å². The van der Waals surface area contributed by atoms with E-state index >= 15 is 0 Å². The molecular weight excluding hydrogens is 240 g/mol. The number of carbonyl (C=O) groups is 1. The lowest BCUT2D eigenvalue weighted by Crippen LogP contribution is -2.32. The molecule has 4 heteroatoms. The van der Waals surface area contributed by atoms with Gasteiger partial charge in [-0.05, 0) is 19.3 Å². The van der Waals surface area contributed by atoms with Crippen LogP contribution in [0.3, 0.4) is 0 Å². The zero-order chi connectivity index (χ0) is 14.3. The zero-order valence-electron chi connectivity index (χ0n) is 12.6. The molecule has 0 radical (unpaired) electrons. The van der Waals surface area contributed by atoms with Crippen molar-refractivity contribution < 1.29 is 9.90 Å². The predicted octanol–water partition coefficient (Wildman–Crippen LogP) is 3.56. The molecule has 0 heterocycles. The molecule has 3 N–H and O–H groups in total. The summed E-state index contributed by atoms with van der Waals surface area (Å²) in [6.07, 6.45) is 12.0. The van der Waals surface area contributed by atoms with Crippen LogP contribution in [0.4, 0.5) is 0 Å². The fourth-order valence-electron chi connectivity index (χ4n) is 2.15. The lowest BCUT2D eigenvalue weighted by atomic mass is 10.1. The lowest BCUT2D eigenvalue weighted by molar-refractivity contribution is -0.137. The summed E-state index contributed by atoms with van der Waals surface area (Å²) in [7, 11) is 0. The van der Waals surface area contributed by atoms with Crippen molar-refractivity contribution in [2.75, 3.05) is 13.1 Å². The summed E-state index contributed by atoms with van der Waals surface area (Å²) in [5, 5.41) is 10.4. The van der Waals surface area contributed by atoms with Crippen molar-refractivity contribution in [3.05, 3.63) is 0 Å². The second-order valence-electron chi connectivity index (χ2n) is 5.36. The van der Waals surface area contributed by atoms with Gasteiger partial charge in [-0.2, -0.15) is 0 Å². The van der Waals surface area contributed by atoms with Crippen molar-refractivity contribution in [3.8, 4) is 0 Å². The van der Waals surface area contributed by atoms with Gasteiger partial charge in [0.1, 0.15) is 0 Å². The summed E-state index contributed by atoms with van der Waals surface area (Å²) < 4.78 is 0. The first-order valence-corrected chi connectivity index (χ1v) is 7.88. The molecule has 0 saturated carbocycles. The molecule has 0 aromatic heterocycles. The number of nitrogens with zero attached hydrogens (tertiary/aromatic N) is 1. The summed E-state index contributed by atoms with van der Waals surface area (Å²) in [6, 6.07) is 0. The van der Waals surface area contributed by atoms with Crippen LogP contribution in [-0.2, 0) is 4.79 Å². The first-order valence-electron chi connectivity index (χ1n) is 7.88. The molecule has 0 bridgehead atoms. The molecule has 0 fully saturated rings. The third kappa shape index (κ3) is 15.3. The molecule has 0 spiro atoms. The van der Waals surface area contributed by atoms with E-state index < -0.39 is 5.97 Å². The molecule has 0 aliphatic carbocycles. The van der Waals surface area contributed by atoms with Gasteiger partial charge in [-0.1, -0.05) is 51.9 Å². The van der Waals surface area contributed by atoms with Crippen molar-refractivity contribution in [3.63, 3.8) is 0 Å². The Morgan fingerprint density at radius 1 is 0.895 bits per heavy atom. The summed E-state index contributed by atoms with van der Waals surface area (Å²) in [5.41, 5.74) is 0. The van der Waals surface area contributed by atoms with Gasteiger partial charge in [-0.15, -0.1) is 0 Å². The van der Waals surface area contributed by atoms with Gasteiger partial charge in [0.05, 0.1) is 0 Å². The van der Waals surface area contributed by atoms with Crippen molar-refractivity contribution in [2.45, 2.75) is 77.6 Å². The zero-order valence-corrected chi connectivity index (χ0v) is 12.6. The Labute approximate surface area is 118 Å². The molecule has 4 nitrogen and oxygen atoms in total. The van der Waals surface area contributed by atoms with Gasteiger partial charge in [0, 0.05) is 19.5 Å². The van der Waals surface area contributed by atoms with E-state index in [2.05, 4.69) is 6.92 Å². The summed E-state index contributed by atoms with van der Waals surface area (Å²) in [5.74, 6) is 5.24. The summed E-state index contributed by atoms with van der Waals surface area (Å²) >= 11 is 0. The molecule has 0 atom stereocenters. The van der Waals surface area contributed by atoms with E-state index in [-0.39, 0.29) is 0 Å². The Morgan fingerprint density at radius 2 is 1.37 bits per heavy atom. The van der Waals surface area contributed by atoms with E-state index in [0.29, 0.717) is 6.42 Å². The van der Waals surface area contributed by atoms with Gasteiger partial charge in [0.15, 0.2) is 0 Å². The Hall–Kier alpha value is -0.610. The molecule has 0 unspecified atom stereocenters. The second kappa shape index (κ2) is 13.8. The Kier molecular flexibility index (Phi) is 13.4. The van der Waals surface area contributed by atoms with Gasteiger partial charge in [-0.3, -0.25) is 10.6 Å². The molecule has 0 aliphatic rings. The van der Waals surface area contributed by atoms with Gasteiger partial charge in [0.2, 0.25) is 0 Å². The fourth-order valence-corrected chi connectivity index (χ4v) is 2.15. The van der Waals surface area contributed by atoms with Crippen LogP contribution < -0.4 is 5.84 Å². The average molecular weight is 272 g/mol. The molecule has 0 aromatic rings. The van der Waals surface area contributed by atoms with E-state index in [1.165, 1.54) is 32.1 Å². The highest BCUT2D eigenvalue weighted by Gasteiger charge is 2.00. The fraction of sp³-hybridized carbons (Fsp3) is 0.933. The van der Waals surface area contributed by atoms with Crippen molar-refractivity contribution in [2.24, 2.45) is 5.84 Å². The number of unbranched alkanes of at least 4 members (excludes halogenated alkanes) is 8. The van der Waals surface area contributed by atoms with Crippen molar-refractivity contribution in [1.82, 2.24) is 5.01 Å². The highest BCUT2D eigenvalue weighted by molar-refractivity contribution is 5.66. The number of hydrogen-bond acceptors (Lipinski definition) is 3. The Bertz CT molecular complexity index is 210. The molecule has 0 saturated heterocycles. The molecule has 0 rings (SSSR count). The van der Waals surface area contributed by atoms with Gasteiger partial charge in [-0.25, -0.2) is 5.01 Å². The maximum Gasteiger partial charge on any atom is 0.303 e. The molecule has 0 aliphatic heterocycles. The number of nitrogens with two attached hydrogens (primary N) is 1. The molecule has 0 amide bonds. The molecule has 19 heavy (non-hydrogen) atoms. The van der Waals surface area contributed by atoms with Gasteiger partial charge >= 0.3 is 5.97 Å². The van der Waals surface area contributed by atoms with E-state index in [4.69, 9.17) is 10.9 Å².